The van der Waals surface area contributed by atoms with Crippen molar-refractivity contribution in [2.75, 3.05) is 25.5 Å². The molecule has 0 unspecified atom stereocenters. The molecule has 5 amide bonds. The Bertz CT molecular complexity index is 1450. The minimum atomic E-state index is -1.58. The van der Waals surface area contributed by atoms with E-state index in [-0.39, 0.29) is 48.8 Å². The van der Waals surface area contributed by atoms with E-state index in [2.05, 4.69) is 31.6 Å². The van der Waals surface area contributed by atoms with Gasteiger partial charge < -0.3 is 47.9 Å². The number of hydrogen-bond donors (Lipinski definition) is 8. The van der Waals surface area contributed by atoms with E-state index in [9.17, 15) is 33.9 Å². The van der Waals surface area contributed by atoms with Gasteiger partial charge in [-0.05, 0) is 30.5 Å². The van der Waals surface area contributed by atoms with Crippen LogP contribution in [0.2, 0.25) is 0 Å². The molecule has 2 aromatic rings. The number of guanidine groups is 1. The van der Waals surface area contributed by atoms with Crippen molar-refractivity contribution in [1.82, 2.24) is 21.3 Å². The largest absolute Gasteiger partial charge is 0.494 e. The Hall–Kier alpha value is -5.67. The highest BCUT2D eigenvalue weighted by atomic mass is 16.5. The monoisotopic (exact) mass is 624 g/mol. The molecule has 1 aliphatic heterocycles. The van der Waals surface area contributed by atoms with Gasteiger partial charge in [0, 0.05) is 13.0 Å². The van der Waals surface area contributed by atoms with E-state index < -0.39 is 66.6 Å². The third-order valence-electron chi connectivity index (χ3n) is 6.66. The fourth-order valence-corrected chi connectivity index (χ4v) is 4.51. The van der Waals surface area contributed by atoms with Gasteiger partial charge in [-0.1, -0.05) is 36.4 Å². The summed E-state index contributed by atoms with van der Waals surface area (Å²) in [6.07, 6.45) is -0.448. The number of nitrogens with two attached hydrogens (primary N) is 2. The number of aliphatic carboxylic acids is 1. The molecule has 2 bridgehead atoms. The van der Waals surface area contributed by atoms with Gasteiger partial charge in [-0.2, -0.15) is 0 Å². The molecule has 0 aliphatic carbocycles. The molecule has 16 heteroatoms. The van der Waals surface area contributed by atoms with E-state index in [0.717, 1.165) is 0 Å². The number of methoxy groups -OCH3 is 1. The van der Waals surface area contributed by atoms with Crippen molar-refractivity contribution < 1.29 is 38.6 Å². The summed E-state index contributed by atoms with van der Waals surface area (Å²) >= 11 is 0. The normalized spacial score (nSPS) is 19.5. The van der Waals surface area contributed by atoms with Gasteiger partial charge in [0.1, 0.15) is 18.1 Å². The molecule has 0 radical (unpaired) electrons. The maximum absolute atomic E-state index is 13.6. The van der Waals surface area contributed by atoms with Crippen LogP contribution in [0.15, 0.2) is 53.5 Å². The number of carboxylic acid groups (broad SMARTS) is 1. The fraction of sp³-hybridized carbons (Fsp3) is 0.345. The van der Waals surface area contributed by atoms with Crippen LogP contribution < -0.4 is 42.8 Å². The topological polar surface area (TPSA) is 256 Å². The summed E-state index contributed by atoms with van der Waals surface area (Å²) in [5, 5.41) is 21.9. The molecule has 0 saturated heterocycles. The van der Waals surface area contributed by atoms with Gasteiger partial charge in [0.05, 0.1) is 31.3 Å². The Labute approximate surface area is 258 Å². The van der Waals surface area contributed by atoms with Crippen LogP contribution in [0.3, 0.4) is 0 Å². The highest BCUT2D eigenvalue weighted by molar-refractivity contribution is 6.05. The van der Waals surface area contributed by atoms with Crippen molar-refractivity contribution in [2.24, 2.45) is 16.5 Å². The molecule has 2 aromatic carbocycles. The van der Waals surface area contributed by atoms with Crippen LogP contribution in [0, 0.1) is 0 Å². The summed E-state index contributed by atoms with van der Waals surface area (Å²) in [5.41, 5.74) is 11.5. The molecule has 3 atom stereocenters. The second-order valence-corrected chi connectivity index (χ2v) is 10.0. The number of aliphatic imine (C=N–C) groups is 1. The standard InChI is InChI=1S/C29H36N8O8/c1-45-24-17-9-5-10-18(24)35-27(43)20(13-16-7-3-2-4-8-16)37-28(44)21(14-23(39)40)34-22(38)15-33-26(42)19(36-25(17)41)11-6-12-32-29(30)31/h2-5,7-10,19-21H,6,11-15H2,1H3,(H,33,42)(H,34,38)(H,35,43)(H,36,41)(H,37,44)(H,39,40)(H4,30,31,32)/t19-,20+,21-/m0/s1. The maximum Gasteiger partial charge on any atom is 0.305 e. The predicted octanol–water partition coefficient (Wildman–Crippen LogP) is -1.40. The van der Waals surface area contributed by atoms with E-state index in [1.165, 1.54) is 25.3 Å². The minimum Gasteiger partial charge on any atom is -0.494 e. The third kappa shape index (κ3) is 10.2. The van der Waals surface area contributed by atoms with E-state index in [1.54, 1.807) is 30.3 Å². The first-order valence-corrected chi connectivity index (χ1v) is 14.0. The van der Waals surface area contributed by atoms with Gasteiger partial charge >= 0.3 is 5.97 Å². The smallest absolute Gasteiger partial charge is 0.305 e. The van der Waals surface area contributed by atoms with Gasteiger partial charge in [-0.3, -0.25) is 33.8 Å². The van der Waals surface area contributed by atoms with E-state index in [4.69, 9.17) is 16.2 Å². The Morgan fingerprint density at radius 3 is 2.31 bits per heavy atom. The molecule has 1 aliphatic rings. The van der Waals surface area contributed by atoms with Crippen LogP contribution in [-0.4, -0.2) is 84.9 Å². The quantitative estimate of drug-likeness (QED) is 0.0920. The number of rotatable bonds is 9. The Balaban J connectivity index is 2.02. The van der Waals surface area contributed by atoms with Gasteiger partial charge in [0.25, 0.3) is 5.91 Å². The summed E-state index contributed by atoms with van der Waals surface area (Å²) < 4.78 is 5.47. The molecule has 45 heavy (non-hydrogen) atoms. The fourth-order valence-electron chi connectivity index (χ4n) is 4.51. The summed E-state index contributed by atoms with van der Waals surface area (Å²) in [6.45, 7) is -0.487. The summed E-state index contributed by atoms with van der Waals surface area (Å²) in [4.78, 5) is 81.5. The Morgan fingerprint density at radius 1 is 0.911 bits per heavy atom. The number of carbonyl (C=O) groups excluding carboxylic acids is 5. The highest BCUT2D eigenvalue weighted by Crippen LogP contribution is 2.29. The van der Waals surface area contributed by atoms with Crippen LogP contribution in [-0.2, 0) is 30.4 Å². The third-order valence-corrected chi connectivity index (χ3v) is 6.66. The molecule has 0 saturated carbocycles. The van der Waals surface area contributed by atoms with Gasteiger partial charge in [-0.25, -0.2) is 0 Å². The van der Waals surface area contributed by atoms with Crippen LogP contribution in [0.4, 0.5) is 5.69 Å². The lowest BCUT2D eigenvalue weighted by molar-refractivity contribution is -0.141. The Morgan fingerprint density at radius 2 is 1.64 bits per heavy atom. The number of carboxylic acids is 1. The lowest BCUT2D eigenvalue weighted by Crippen LogP contribution is -2.55. The van der Waals surface area contributed by atoms with Crippen LogP contribution in [0.5, 0.6) is 5.75 Å². The zero-order valence-corrected chi connectivity index (χ0v) is 24.5. The zero-order chi connectivity index (χ0) is 32.9. The van der Waals surface area contributed by atoms with Gasteiger partial charge in [0.15, 0.2) is 11.7 Å². The molecular weight excluding hydrogens is 588 g/mol. The van der Waals surface area contributed by atoms with E-state index in [0.29, 0.717) is 5.56 Å². The lowest BCUT2D eigenvalue weighted by atomic mass is 10.0. The number of ether oxygens (including phenoxy) is 1. The van der Waals surface area contributed by atoms with Crippen LogP contribution in [0.1, 0.15) is 35.2 Å². The first kappa shape index (κ1) is 33.8. The average molecular weight is 625 g/mol. The molecule has 0 fully saturated rings. The first-order valence-electron chi connectivity index (χ1n) is 14.0. The number of hydrogen-bond acceptors (Lipinski definition) is 8. The predicted molar refractivity (Wildman–Crippen MR) is 162 cm³/mol. The molecule has 10 N–H and O–H groups in total. The number of amides is 5. The number of carbonyl (C=O) groups is 6. The molecule has 240 valence electrons. The molecular formula is C29H36N8O8. The van der Waals surface area contributed by atoms with Crippen molar-refractivity contribution in [3.8, 4) is 5.75 Å². The number of benzene rings is 2. The van der Waals surface area contributed by atoms with Crippen molar-refractivity contribution in [1.29, 1.82) is 0 Å². The number of anilines is 1. The summed E-state index contributed by atoms with van der Waals surface area (Å²) in [5.74, 6) is -5.53. The van der Waals surface area contributed by atoms with Gasteiger partial charge in [-0.15, -0.1) is 0 Å². The van der Waals surface area contributed by atoms with Crippen LogP contribution >= 0.6 is 0 Å². The number of fused-ring (bicyclic) bond motifs is 2. The second-order valence-electron chi connectivity index (χ2n) is 10.0. The first-order chi connectivity index (χ1) is 21.5. The lowest BCUT2D eigenvalue weighted by Gasteiger charge is -2.23. The van der Waals surface area contributed by atoms with Crippen LogP contribution in [0.25, 0.3) is 0 Å². The molecule has 0 aromatic heterocycles. The molecule has 0 spiro atoms. The number of nitrogens with one attached hydrogen (secondary N) is 5. The summed E-state index contributed by atoms with van der Waals surface area (Å²) in [7, 11) is 1.29. The molecule has 3 rings (SSSR count). The van der Waals surface area contributed by atoms with Crippen molar-refractivity contribution in [3.63, 3.8) is 0 Å². The zero-order valence-electron chi connectivity index (χ0n) is 24.5. The SMILES string of the molecule is COc1c2cccc1C(=O)N[C@@H](CCCN=C(N)N)C(=O)NCC(=O)N[C@@H](CC(=O)O)C(=O)N[C@H](Cc1ccccc1)C(=O)N2. The average Bonchev–Trinajstić information content (AvgIpc) is 3.00. The highest BCUT2D eigenvalue weighted by Gasteiger charge is 2.31. The van der Waals surface area contributed by atoms with E-state index in [1.807, 2.05) is 0 Å². The molecule has 1 heterocycles. The number of para-hydroxylation sites is 1. The van der Waals surface area contributed by atoms with Gasteiger partial charge in [0.2, 0.25) is 23.6 Å². The van der Waals surface area contributed by atoms with Crippen molar-refractivity contribution >= 4 is 47.2 Å². The maximum atomic E-state index is 13.6. The molecule has 16 nitrogen and oxygen atoms in total. The second kappa shape index (κ2) is 16.3. The van der Waals surface area contributed by atoms with Crippen molar-refractivity contribution in [2.45, 2.75) is 43.8 Å². The summed E-state index contributed by atoms with van der Waals surface area (Å²) in [6, 6.07) is 9.16. The van der Waals surface area contributed by atoms with Crippen molar-refractivity contribution in [3.05, 3.63) is 59.7 Å². The number of nitrogens with zero attached hydrogens (tertiary/aromatic N) is 1. The Kier molecular flexibility index (Phi) is 12.2. The van der Waals surface area contributed by atoms with E-state index >= 15 is 0 Å². The minimum absolute atomic E-state index is 0.00618.